The lowest BCUT2D eigenvalue weighted by Crippen LogP contribution is -2.32. The number of benzene rings is 1. The lowest BCUT2D eigenvalue weighted by Gasteiger charge is -2.30. The first kappa shape index (κ1) is 16.7. The number of fused-ring (bicyclic) bond motifs is 1. The molecule has 2 heterocycles. The molecule has 0 aliphatic carbocycles. The highest BCUT2D eigenvalue weighted by molar-refractivity contribution is 8.02. The van der Waals surface area contributed by atoms with Crippen molar-refractivity contribution >= 4 is 26.3 Å². The van der Waals surface area contributed by atoms with E-state index in [0.29, 0.717) is 10.7 Å². The molecule has 0 bridgehead atoms. The van der Waals surface area contributed by atoms with E-state index >= 15 is 0 Å². The van der Waals surface area contributed by atoms with Crippen molar-refractivity contribution in [1.82, 2.24) is 4.98 Å². The molecule has 2 aromatic rings. The zero-order chi connectivity index (χ0) is 17.8. The van der Waals surface area contributed by atoms with Gasteiger partial charge in [-0.15, -0.1) is 0 Å². The maximum Gasteiger partial charge on any atom is 0.266 e. The van der Waals surface area contributed by atoms with Gasteiger partial charge in [-0.2, -0.15) is 0 Å². The fourth-order valence-corrected chi connectivity index (χ4v) is 5.17. The number of anilines is 1. The molecule has 0 N–H and O–H groups in total. The summed E-state index contributed by atoms with van der Waals surface area (Å²) in [7, 11) is -2.07. The van der Waals surface area contributed by atoms with Crippen LogP contribution < -0.4 is 4.31 Å². The van der Waals surface area contributed by atoms with Crippen molar-refractivity contribution in [2.24, 2.45) is 0 Å². The summed E-state index contributed by atoms with van der Waals surface area (Å²) in [5.74, 6) is 0.484. The van der Waals surface area contributed by atoms with Crippen LogP contribution in [0.4, 0.5) is 5.82 Å². The molecule has 0 spiro atoms. The highest BCUT2D eigenvalue weighted by Crippen LogP contribution is 2.43. The monoisotopic (exact) mass is 342 g/mol. The van der Waals surface area contributed by atoms with E-state index in [0.717, 1.165) is 33.4 Å². The molecule has 0 atom stereocenters. The lowest BCUT2D eigenvalue weighted by atomic mass is 9.92. The van der Waals surface area contributed by atoms with Gasteiger partial charge in [0.05, 0.1) is 4.91 Å². The van der Waals surface area contributed by atoms with E-state index in [4.69, 9.17) is 0 Å². The summed E-state index contributed by atoms with van der Waals surface area (Å²) in [6.45, 7) is 9.94. The summed E-state index contributed by atoms with van der Waals surface area (Å²) in [6.07, 6.45) is 1.62. The van der Waals surface area contributed by atoms with Crippen LogP contribution in [0, 0.1) is 27.7 Å². The van der Waals surface area contributed by atoms with Crippen molar-refractivity contribution in [3.05, 3.63) is 57.8 Å². The van der Waals surface area contributed by atoms with Gasteiger partial charge in [0.25, 0.3) is 10.0 Å². The third-order valence-corrected chi connectivity index (χ3v) is 6.95. The molecule has 3 rings (SSSR count). The second kappa shape index (κ2) is 5.45. The largest absolute Gasteiger partial charge is 0.266 e. The molecular weight excluding hydrogens is 320 g/mol. The minimum Gasteiger partial charge on any atom is -0.252 e. The van der Waals surface area contributed by atoms with Crippen molar-refractivity contribution in [1.29, 1.82) is 0 Å². The molecule has 5 heteroatoms. The summed E-state index contributed by atoms with van der Waals surface area (Å²) in [6, 6.07) is 5.83. The molecule has 0 fully saturated rings. The Balaban J connectivity index is 2.46. The quantitative estimate of drug-likeness (QED) is 0.787. The van der Waals surface area contributed by atoms with Gasteiger partial charge in [-0.05, 0) is 74.6 Å². The fraction of sp³-hybridized carbons (Fsp3) is 0.316. The molecule has 24 heavy (non-hydrogen) atoms. The third-order valence-electron chi connectivity index (χ3n) is 5.03. The summed E-state index contributed by atoms with van der Waals surface area (Å²) in [4.78, 5) is 4.66. The van der Waals surface area contributed by atoms with Crippen molar-refractivity contribution in [3.8, 4) is 0 Å². The number of sulfonamides is 1. The number of allylic oxidation sites excluding steroid dienone is 1. The number of aryl methyl sites for hydroxylation is 2. The molecule has 1 aliphatic rings. The van der Waals surface area contributed by atoms with E-state index in [1.165, 1.54) is 9.87 Å². The molecule has 0 amide bonds. The van der Waals surface area contributed by atoms with Gasteiger partial charge in [0.15, 0.2) is 0 Å². The number of pyridine rings is 1. The van der Waals surface area contributed by atoms with Crippen LogP contribution in [0.15, 0.2) is 24.4 Å². The van der Waals surface area contributed by atoms with Gasteiger partial charge in [-0.3, -0.25) is 4.31 Å². The molecule has 1 aromatic carbocycles. The molecule has 1 aromatic heterocycles. The van der Waals surface area contributed by atoms with Gasteiger partial charge in [0.2, 0.25) is 0 Å². The summed E-state index contributed by atoms with van der Waals surface area (Å²) in [5.41, 5.74) is 6.74. The number of nitrogens with zero attached hydrogens (tertiary/aromatic N) is 2. The van der Waals surface area contributed by atoms with E-state index in [1.54, 1.807) is 13.2 Å². The third kappa shape index (κ3) is 2.18. The maximum absolute atomic E-state index is 13.2. The average molecular weight is 342 g/mol. The smallest absolute Gasteiger partial charge is 0.252 e. The van der Waals surface area contributed by atoms with Crippen LogP contribution in [0.1, 0.15) is 40.3 Å². The zero-order valence-corrected chi connectivity index (χ0v) is 15.7. The SMILES string of the molecule is CC1=C(c2c(C)cc(C)c(C)c2C)S(=O)(=O)N(C)c2ncccc21. The van der Waals surface area contributed by atoms with Crippen LogP contribution in [0.3, 0.4) is 0 Å². The van der Waals surface area contributed by atoms with Crippen LogP contribution in [0.2, 0.25) is 0 Å². The number of rotatable bonds is 1. The van der Waals surface area contributed by atoms with Crippen LogP contribution >= 0.6 is 0 Å². The predicted octanol–water partition coefficient (Wildman–Crippen LogP) is 3.98. The Hall–Kier alpha value is -2.14. The maximum atomic E-state index is 13.2. The van der Waals surface area contributed by atoms with Gasteiger partial charge in [0.1, 0.15) is 5.82 Å². The molecule has 1 aliphatic heterocycles. The van der Waals surface area contributed by atoms with Gasteiger partial charge >= 0.3 is 0 Å². The highest BCUT2D eigenvalue weighted by atomic mass is 32.2. The van der Waals surface area contributed by atoms with Crippen LogP contribution in [-0.4, -0.2) is 20.4 Å². The first-order valence-corrected chi connectivity index (χ1v) is 9.35. The van der Waals surface area contributed by atoms with Gasteiger partial charge < -0.3 is 0 Å². The Morgan fingerprint density at radius 3 is 2.33 bits per heavy atom. The van der Waals surface area contributed by atoms with Gasteiger partial charge in [-0.25, -0.2) is 13.4 Å². The normalized spacial score (nSPS) is 16.3. The van der Waals surface area contributed by atoms with Crippen LogP contribution in [0.5, 0.6) is 0 Å². The van der Waals surface area contributed by atoms with E-state index < -0.39 is 10.0 Å². The van der Waals surface area contributed by atoms with Crippen molar-refractivity contribution < 1.29 is 8.42 Å². The minimum atomic E-state index is -3.64. The van der Waals surface area contributed by atoms with Crippen LogP contribution in [-0.2, 0) is 10.0 Å². The minimum absolute atomic E-state index is 0.392. The number of hydrogen-bond donors (Lipinski definition) is 0. The van der Waals surface area contributed by atoms with E-state index in [9.17, 15) is 8.42 Å². The molecule has 0 saturated heterocycles. The molecule has 0 unspecified atom stereocenters. The highest BCUT2D eigenvalue weighted by Gasteiger charge is 2.36. The first-order valence-electron chi connectivity index (χ1n) is 7.91. The Morgan fingerprint density at radius 2 is 1.67 bits per heavy atom. The second-order valence-electron chi connectivity index (χ2n) is 6.44. The molecular formula is C19H22N2O2S. The van der Waals surface area contributed by atoms with E-state index in [2.05, 4.69) is 18.0 Å². The zero-order valence-electron chi connectivity index (χ0n) is 14.9. The number of aromatic nitrogens is 1. The van der Waals surface area contributed by atoms with Crippen molar-refractivity contribution in [2.75, 3.05) is 11.4 Å². The predicted molar refractivity (Wildman–Crippen MR) is 99.4 cm³/mol. The molecule has 4 nitrogen and oxygen atoms in total. The van der Waals surface area contributed by atoms with Gasteiger partial charge in [-0.1, -0.05) is 6.07 Å². The second-order valence-corrected chi connectivity index (χ2v) is 8.34. The summed E-state index contributed by atoms with van der Waals surface area (Å²) >= 11 is 0. The molecule has 0 radical (unpaired) electrons. The lowest BCUT2D eigenvalue weighted by molar-refractivity contribution is 0.603. The van der Waals surface area contributed by atoms with E-state index in [-0.39, 0.29) is 0 Å². The fourth-order valence-electron chi connectivity index (χ4n) is 3.46. The Kier molecular flexibility index (Phi) is 3.79. The summed E-state index contributed by atoms with van der Waals surface area (Å²) < 4.78 is 27.7. The number of hydrogen-bond acceptors (Lipinski definition) is 3. The Bertz CT molecular complexity index is 989. The Morgan fingerprint density at radius 1 is 1.00 bits per heavy atom. The standard InChI is InChI=1S/C19H22N2O2S/c1-11-10-12(2)17(14(4)13(11)3)18-15(5)16-8-7-9-20-19(16)21(6)24(18,22)23/h7-10H,1-6H3. The van der Waals surface area contributed by atoms with Gasteiger partial charge in [0, 0.05) is 24.4 Å². The molecule has 0 saturated carbocycles. The first-order chi connectivity index (χ1) is 11.2. The van der Waals surface area contributed by atoms with Crippen molar-refractivity contribution in [3.63, 3.8) is 0 Å². The van der Waals surface area contributed by atoms with Crippen molar-refractivity contribution in [2.45, 2.75) is 34.6 Å². The average Bonchev–Trinajstić information content (AvgIpc) is 2.54. The molecule has 126 valence electrons. The Labute approximate surface area is 143 Å². The summed E-state index contributed by atoms with van der Waals surface area (Å²) in [5, 5.41) is 0. The van der Waals surface area contributed by atoms with E-state index in [1.807, 2.05) is 39.8 Å². The van der Waals surface area contributed by atoms with Crippen LogP contribution in [0.25, 0.3) is 10.5 Å². The topological polar surface area (TPSA) is 50.3 Å².